The van der Waals surface area contributed by atoms with Crippen molar-refractivity contribution in [3.8, 4) is 0 Å². The second kappa shape index (κ2) is 5.16. The summed E-state index contributed by atoms with van der Waals surface area (Å²) < 4.78 is 0. The molecule has 2 aliphatic carbocycles. The summed E-state index contributed by atoms with van der Waals surface area (Å²) in [6, 6.07) is 1.76. The standard InChI is InChI=1S/C13H25N/c1-2-6-11-7-3-4-10-13(11)14-12-8-5-9-12/h11-14H,2-10H2,1H3. The molecule has 1 N–H and O–H groups in total. The molecule has 1 nitrogen and oxygen atoms in total. The van der Waals surface area contributed by atoms with Gasteiger partial charge in [0, 0.05) is 12.1 Å². The number of hydrogen-bond donors (Lipinski definition) is 1. The van der Waals surface area contributed by atoms with Crippen molar-refractivity contribution >= 4 is 0 Å². The van der Waals surface area contributed by atoms with Gasteiger partial charge in [-0.1, -0.05) is 32.6 Å². The van der Waals surface area contributed by atoms with E-state index >= 15 is 0 Å². The molecule has 0 saturated heterocycles. The van der Waals surface area contributed by atoms with Gasteiger partial charge in [0.05, 0.1) is 0 Å². The summed E-state index contributed by atoms with van der Waals surface area (Å²) >= 11 is 0. The highest BCUT2D eigenvalue weighted by Crippen LogP contribution is 2.30. The monoisotopic (exact) mass is 195 g/mol. The Hall–Kier alpha value is -0.0400. The van der Waals surface area contributed by atoms with Gasteiger partial charge in [-0.05, 0) is 38.0 Å². The second-order valence-corrected chi connectivity index (χ2v) is 5.23. The first-order chi connectivity index (χ1) is 6.90. The largest absolute Gasteiger partial charge is 0.311 e. The van der Waals surface area contributed by atoms with Crippen LogP contribution in [0.2, 0.25) is 0 Å². The van der Waals surface area contributed by atoms with Gasteiger partial charge in [-0.15, -0.1) is 0 Å². The van der Waals surface area contributed by atoms with E-state index in [1.165, 1.54) is 57.8 Å². The van der Waals surface area contributed by atoms with Crippen LogP contribution in [0.25, 0.3) is 0 Å². The minimum atomic E-state index is 0.869. The predicted molar refractivity (Wildman–Crippen MR) is 61.4 cm³/mol. The minimum absolute atomic E-state index is 0.869. The van der Waals surface area contributed by atoms with Crippen molar-refractivity contribution in [3.63, 3.8) is 0 Å². The molecule has 0 aromatic rings. The molecule has 2 fully saturated rings. The van der Waals surface area contributed by atoms with Crippen LogP contribution in [0.15, 0.2) is 0 Å². The zero-order valence-corrected chi connectivity index (χ0v) is 9.60. The maximum atomic E-state index is 3.89. The highest BCUT2D eigenvalue weighted by Gasteiger charge is 2.28. The average Bonchev–Trinajstić information content (AvgIpc) is 2.14. The Balaban J connectivity index is 1.78. The maximum absolute atomic E-state index is 3.89. The first kappa shape index (κ1) is 10.5. The van der Waals surface area contributed by atoms with Crippen LogP contribution in [0, 0.1) is 5.92 Å². The highest BCUT2D eigenvalue weighted by molar-refractivity contribution is 4.86. The third kappa shape index (κ3) is 2.50. The van der Waals surface area contributed by atoms with Crippen LogP contribution >= 0.6 is 0 Å². The van der Waals surface area contributed by atoms with Gasteiger partial charge >= 0.3 is 0 Å². The molecular weight excluding hydrogens is 170 g/mol. The van der Waals surface area contributed by atoms with Crippen molar-refractivity contribution in [2.75, 3.05) is 0 Å². The molecule has 0 bridgehead atoms. The number of rotatable bonds is 4. The van der Waals surface area contributed by atoms with Crippen LogP contribution < -0.4 is 5.32 Å². The molecule has 0 amide bonds. The van der Waals surface area contributed by atoms with Gasteiger partial charge in [0.1, 0.15) is 0 Å². The van der Waals surface area contributed by atoms with Crippen molar-refractivity contribution in [2.24, 2.45) is 5.92 Å². The number of nitrogens with one attached hydrogen (secondary N) is 1. The van der Waals surface area contributed by atoms with Gasteiger partial charge in [-0.2, -0.15) is 0 Å². The molecule has 2 unspecified atom stereocenters. The zero-order chi connectivity index (χ0) is 9.80. The molecule has 1 heteroatoms. The molecule has 0 aromatic heterocycles. The molecular formula is C13H25N. The van der Waals surface area contributed by atoms with E-state index < -0.39 is 0 Å². The van der Waals surface area contributed by atoms with Crippen LogP contribution in [0.5, 0.6) is 0 Å². The maximum Gasteiger partial charge on any atom is 0.00979 e. The molecule has 2 rings (SSSR count). The second-order valence-electron chi connectivity index (χ2n) is 5.23. The lowest BCUT2D eigenvalue weighted by molar-refractivity contribution is 0.198. The van der Waals surface area contributed by atoms with E-state index in [0.717, 1.165) is 18.0 Å². The van der Waals surface area contributed by atoms with Crippen LogP contribution in [-0.4, -0.2) is 12.1 Å². The first-order valence-corrected chi connectivity index (χ1v) is 6.66. The van der Waals surface area contributed by atoms with Gasteiger partial charge < -0.3 is 5.32 Å². The van der Waals surface area contributed by atoms with Gasteiger partial charge in [0.2, 0.25) is 0 Å². The van der Waals surface area contributed by atoms with E-state index in [0.29, 0.717) is 0 Å². The smallest absolute Gasteiger partial charge is 0.00979 e. The fraction of sp³-hybridized carbons (Fsp3) is 1.00. The number of hydrogen-bond acceptors (Lipinski definition) is 1. The molecule has 14 heavy (non-hydrogen) atoms. The van der Waals surface area contributed by atoms with Crippen molar-refractivity contribution in [3.05, 3.63) is 0 Å². The van der Waals surface area contributed by atoms with Crippen molar-refractivity contribution in [1.29, 1.82) is 0 Å². The Labute approximate surface area is 88.7 Å². The van der Waals surface area contributed by atoms with E-state index in [1.54, 1.807) is 0 Å². The van der Waals surface area contributed by atoms with Gasteiger partial charge in [0.25, 0.3) is 0 Å². The molecule has 0 spiro atoms. The summed E-state index contributed by atoms with van der Waals surface area (Å²) in [5, 5.41) is 3.89. The topological polar surface area (TPSA) is 12.0 Å². The molecule has 0 radical (unpaired) electrons. The van der Waals surface area contributed by atoms with E-state index in [1.807, 2.05) is 0 Å². The summed E-state index contributed by atoms with van der Waals surface area (Å²) in [6.07, 6.45) is 13.0. The lowest BCUT2D eigenvalue weighted by atomic mass is 9.80. The summed E-state index contributed by atoms with van der Waals surface area (Å²) in [7, 11) is 0. The quantitative estimate of drug-likeness (QED) is 0.724. The van der Waals surface area contributed by atoms with E-state index in [2.05, 4.69) is 12.2 Å². The molecule has 82 valence electrons. The Kier molecular flexibility index (Phi) is 3.86. The fourth-order valence-electron chi connectivity index (χ4n) is 3.02. The summed E-state index contributed by atoms with van der Waals surface area (Å²) in [6.45, 7) is 2.33. The lowest BCUT2D eigenvalue weighted by Crippen LogP contribution is -2.47. The normalized spacial score (nSPS) is 34.1. The van der Waals surface area contributed by atoms with Crippen molar-refractivity contribution in [1.82, 2.24) is 5.32 Å². The summed E-state index contributed by atoms with van der Waals surface area (Å²) in [5.41, 5.74) is 0. The third-order valence-electron chi connectivity index (χ3n) is 4.12. The molecule has 2 saturated carbocycles. The van der Waals surface area contributed by atoms with Crippen molar-refractivity contribution in [2.45, 2.75) is 76.8 Å². The summed E-state index contributed by atoms with van der Waals surface area (Å²) in [5.74, 6) is 0.995. The van der Waals surface area contributed by atoms with E-state index in [-0.39, 0.29) is 0 Å². The molecule has 0 aromatic carbocycles. The van der Waals surface area contributed by atoms with E-state index in [4.69, 9.17) is 0 Å². The van der Waals surface area contributed by atoms with Gasteiger partial charge in [-0.25, -0.2) is 0 Å². The SMILES string of the molecule is CCCC1CCCCC1NC1CCC1. The fourth-order valence-corrected chi connectivity index (χ4v) is 3.02. The third-order valence-corrected chi connectivity index (χ3v) is 4.12. The van der Waals surface area contributed by atoms with Crippen LogP contribution in [-0.2, 0) is 0 Å². The van der Waals surface area contributed by atoms with E-state index in [9.17, 15) is 0 Å². The molecule has 2 atom stereocenters. The minimum Gasteiger partial charge on any atom is -0.311 e. The molecule has 0 heterocycles. The Morgan fingerprint density at radius 2 is 1.79 bits per heavy atom. The average molecular weight is 195 g/mol. The van der Waals surface area contributed by atoms with Crippen LogP contribution in [0.4, 0.5) is 0 Å². The van der Waals surface area contributed by atoms with Crippen LogP contribution in [0.1, 0.15) is 64.7 Å². The van der Waals surface area contributed by atoms with Crippen molar-refractivity contribution < 1.29 is 0 Å². The van der Waals surface area contributed by atoms with Gasteiger partial charge in [-0.3, -0.25) is 0 Å². The molecule has 0 aliphatic heterocycles. The lowest BCUT2D eigenvalue weighted by Gasteiger charge is -2.38. The Morgan fingerprint density at radius 3 is 2.43 bits per heavy atom. The van der Waals surface area contributed by atoms with Gasteiger partial charge in [0.15, 0.2) is 0 Å². The highest BCUT2D eigenvalue weighted by atomic mass is 15.0. The van der Waals surface area contributed by atoms with Crippen LogP contribution in [0.3, 0.4) is 0 Å². The predicted octanol–water partition coefficient (Wildman–Crippen LogP) is 3.49. The Morgan fingerprint density at radius 1 is 1.00 bits per heavy atom. The molecule has 2 aliphatic rings. The zero-order valence-electron chi connectivity index (χ0n) is 9.60. The summed E-state index contributed by atoms with van der Waals surface area (Å²) in [4.78, 5) is 0. The first-order valence-electron chi connectivity index (χ1n) is 6.66. The Bertz CT molecular complexity index is 161.